The Morgan fingerprint density at radius 2 is 2.10 bits per heavy atom. The van der Waals surface area contributed by atoms with Gasteiger partial charge in [0, 0.05) is 11.6 Å². The van der Waals surface area contributed by atoms with Crippen molar-refractivity contribution in [3.63, 3.8) is 0 Å². The molecular formula is C18H29NO. The third-order valence-electron chi connectivity index (χ3n) is 4.27. The first-order valence-electron chi connectivity index (χ1n) is 8.19. The number of hydrogen-bond donors (Lipinski definition) is 1. The molecule has 2 heteroatoms. The van der Waals surface area contributed by atoms with Gasteiger partial charge in [-0.3, -0.25) is 0 Å². The summed E-state index contributed by atoms with van der Waals surface area (Å²) in [5.41, 5.74) is 1.29. The Kier molecular flexibility index (Phi) is 5.90. The van der Waals surface area contributed by atoms with Gasteiger partial charge in [0.25, 0.3) is 0 Å². The fourth-order valence-electron chi connectivity index (χ4n) is 3.08. The lowest BCUT2D eigenvalue weighted by Gasteiger charge is -2.29. The molecule has 20 heavy (non-hydrogen) atoms. The molecule has 0 saturated heterocycles. The largest absolute Gasteiger partial charge is 0.490 e. The van der Waals surface area contributed by atoms with E-state index >= 15 is 0 Å². The van der Waals surface area contributed by atoms with Crippen LogP contribution in [0.3, 0.4) is 0 Å². The van der Waals surface area contributed by atoms with Crippen molar-refractivity contribution in [2.24, 2.45) is 5.92 Å². The van der Waals surface area contributed by atoms with Crippen LogP contribution >= 0.6 is 0 Å². The van der Waals surface area contributed by atoms with Gasteiger partial charge < -0.3 is 10.1 Å². The molecule has 0 amide bonds. The number of benzene rings is 1. The average Bonchev–Trinajstić information content (AvgIpc) is 2.45. The van der Waals surface area contributed by atoms with Crippen LogP contribution in [0.5, 0.6) is 5.75 Å². The summed E-state index contributed by atoms with van der Waals surface area (Å²) in [5, 5.41) is 3.55. The molecule has 1 N–H and O–H groups in total. The van der Waals surface area contributed by atoms with E-state index < -0.39 is 0 Å². The molecule has 3 unspecified atom stereocenters. The molecule has 1 aromatic carbocycles. The lowest BCUT2D eigenvalue weighted by Crippen LogP contribution is -2.26. The van der Waals surface area contributed by atoms with Crippen molar-refractivity contribution < 1.29 is 4.74 Å². The van der Waals surface area contributed by atoms with Crippen LogP contribution in [0.2, 0.25) is 0 Å². The van der Waals surface area contributed by atoms with Crippen LogP contribution in [-0.4, -0.2) is 12.6 Å². The van der Waals surface area contributed by atoms with E-state index in [1.54, 1.807) is 0 Å². The van der Waals surface area contributed by atoms with Crippen molar-refractivity contribution in [1.82, 2.24) is 5.32 Å². The van der Waals surface area contributed by atoms with Crippen LogP contribution in [0.1, 0.15) is 64.5 Å². The first kappa shape index (κ1) is 15.4. The van der Waals surface area contributed by atoms with Gasteiger partial charge in [0.05, 0.1) is 6.10 Å². The van der Waals surface area contributed by atoms with Gasteiger partial charge >= 0.3 is 0 Å². The smallest absolute Gasteiger partial charge is 0.124 e. The minimum absolute atomic E-state index is 0.354. The first-order valence-corrected chi connectivity index (χ1v) is 8.19. The molecule has 112 valence electrons. The molecule has 0 bridgehead atoms. The van der Waals surface area contributed by atoms with Gasteiger partial charge in [-0.2, -0.15) is 0 Å². The summed E-state index contributed by atoms with van der Waals surface area (Å²) < 4.78 is 6.32. The standard InChI is InChI=1S/C18H29NO/c1-4-12-19-15(3)17-10-5-6-11-18(17)20-16-9-7-8-14(2)13-16/h5-6,10-11,14-16,19H,4,7-9,12-13H2,1-3H3. The highest BCUT2D eigenvalue weighted by molar-refractivity contribution is 5.35. The second kappa shape index (κ2) is 7.68. The summed E-state index contributed by atoms with van der Waals surface area (Å²) in [4.78, 5) is 0. The van der Waals surface area contributed by atoms with E-state index in [9.17, 15) is 0 Å². The maximum absolute atomic E-state index is 6.32. The zero-order valence-corrected chi connectivity index (χ0v) is 13.2. The topological polar surface area (TPSA) is 21.3 Å². The number of rotatable bonds is 6. The van der Waals surface area contributed by atoms with Crippen molar-refractivity contribution in [2.75, 3.05) is 6.54 Å². The van der Waals surface area contributed by atoms with E-state index in [1.165, 1.54) is 31.2 Å². The van der Waals surface area contributed by atoms with Crippen molar-refractivity contribution in [3.8, 4) is 5.75 Å². The molecule has 2 nitrogen and oxygen atoms in total. The monoisotopic (exact) mass is 275 g/mol. The molecule has 0 spiro atoms. The van der Waals surface area contributed by atoms with Crippen molar-refractivity contribution in [3.05, 3.63) is 29.8 Å². The molecule has 1 fully saturated rings. The van der Waals surface area contributed by atoms with E-state index in [0.29, 0.717) is 12.1 Å². The minimum Gasteiger partial charge on any atom is -0.490 e. The minimum atomic E-state index is 0.354. The molecule has 2 rings (SSSR count). The number of ether oxygens (including phenoxy) is 1. The highest BCUT2D eigenvalue weighted by Gasteiger charge is 2.21. The maximum atomic E-state index is 6.32. The van der Waals surface area contributed by atoms with Gasteiger partial charge in [-0.15, -0.1) is 0 Å². The zero-order valence-electron chi connectivity index (χ0n) is 13.2. The molecule has 3 atom stereocenters. The predicted octanol–water partition coefficient (Wildman–Crippen LogP) is 4.70. The van der Waals surface area contributed by atoms with Crippen molar-refractivity contribution in [2.45, 2.75) is 65.0 Å². The van der Waals surface area contributed by atoms with Gasteiger partial charge in [-0.25, -0.2) is 0 Å². The Morgan fingerprint density at radius 1 is 1.30 bits per heavy atom. The molecule has 0 aliphatic heterocycles. The van der Waals surface area contributed by atoms with Gasteiger partial charge in [-0.05, 0) is 51.1 Å². The number of para-hydroxylation sites is 1. The van der Waals surface area contributed by atoms with E-state index in [2.05, 4.69) is 50.4 Å². The quantitative estimate of drug-likeness (QED) is 0.812. The summed E-state index contributed by atoms with van der Waals surface area (Å²) in [6.07, 6.45) is 6.63. The Morgan fingerprint density at radius 3 is 2.85 bits per heavy atom. The summed E-state index contributed by atoms with van der Waals surface area (Å²) >= 11 is 0. The van der Waals surface area contributed by atoms with Crippen LogP contribution in [0.4, 0.5) is 0 Å². The highest BCUT2D eigenvalue weighted by atomic mass is 16.5. The molecular weight excluding hydrogens is 246 g/mol. The summed E-state index contributed by atoms with van der Waals surface area (Å²) in [7, 11) is 0. The van der Waals surface area contributed by atoms with E-state index in [4.69, 9.17) is 4.74 Å². The Hall–Kier alpha value is -1.02. The number of nitrogens with one attached hydrogen (secondary N) is 1. The molecule has 0 radical (unpaired) electrons. The Balaban J connectivity index is 2.03. The van der Waals surface area contributed by atoms with Gasteiger partial charge in [0.15, 0.2) is 0 Å². The molecule has 1 aromatic rings. The maximum Gasteiger partial charge on any atom is 0.124 e. The first-order chi connectivity index (χ1) is 9.70. The highest BCUT2D eigenvalue weighted by Crippen LogP contribution is 2.31. The van der Waals surface area contributed by atoms with Crippen LogP contribution in [0.15, 0.2) is 24.3 Å². The van der Waals surface area contributed by atoms with Crippen LogP contribution in [0.25, 0.3) is 0 Å². The Labute approximate surface area is 123 Å². The van der Waals surface area contributed by atoms with Crippen molar-refractivity contribution >= 4 is 0 Å². The SMILES string of the molecule is CCCNC(C)c1ccccc1OC1CCCC(C)C1. The zero-order chi connectivity index (χ0) is 14.4. The van der Waals surface area contributed by atoms with E-state index in [-0.39, 0.29) is 0 Å². The van der Waals surface area contributed by atoms with Crippen molar-refractivity contribution in [1.29, 1.82) is 0 Å². The lowest BCUT2D eigenvalue weighted by atomic mass is 9.88. The van der Waals surface area contributed by atoms with Crippen LogP contribution in [0, 0.1) is 5.92 Å². The molecule has 1 aliphatic rings. The van der Waals surface area contributed by atoms with Gasteiger partial charge in [-0.1, -0.05) is 38.5 Å². The van der Waals surface area contributed by atoms with Crippen LogP contribution < -0.4 is 10.1 Å². The Bertz CT molecular complexity index is 404. The second-order valence-electron chi connectivity index (χ2n) is 6.23. The molecule has 0 heterocycles. The normalized spacial score (nSPS) is 24.4. The molecule has 1 aliphatic carbocycles. The fraction of sp³-hybridized carbons (Fsp3) is 0.667. The van der Waals surface area contributed by atoms with Gasteiger partial charge in [0.1, 0.15) is 5.75 Å². The predicted molar refractivity (Wildman–Crippen MR) is 85.2 cm³/mol. The third-order valence-corrected chi connectivity index (χ3v) is 4.27. The third kappa shape index (κ3) is 4.24. The van der Waals surface area contributed by atoms with Crippen LogP contribution in [-0.2, 0) is 0 Å². The molecule has 0 aromatic heterocycles. The summed E-state index contributed by atoms with van der Waals surface area (Å²) in [5.74, 6) is 1.87. The summed E-state index contributed by atoms with van der Waals surface area (Å²) in [6, 6.07) is 8.85. The fourth-order valence-corrected chi connectivity index (χ4v) is 3.08. The number of hydrogen-bond acceptors (Lipinski definition) is 2. The van der Waals surface area contributed by atoms with E-state index in [0.717, 1.165) is 24.6 Å². The lowest BCUT2D eigenvalue weighted by molar-refractivity contribution is 0.127. The van der Waals surface area contributed by atoms with E-state index in [1.807, 2.05) is 0 Å². The second-order valence-corrected chi connectivity index (χ2v) is 6.23. The average molecular weight is 275 g/mol. The summed E-state index contributed by atoms with van der Waals surface area (Å²) in [6.45, 7) is 7.82. The molecule has 1 saturated carbocycles. The van der Waals surface area contributed by atoms with Gasteiger partial charge in [0.2, 0.25) is 0 Å².